The fourth-order valence-corrected chi connectivity index (χ4v) is 2.50. The molecule has 1 atom stereocenters. The molecule has 0 fully saturated rings. The van der Waals surface area contributed by atoms with Crippen LogP contribution in [-0.2, 0) is 14.3 Å². The van der Waals surface area contributed by atoms with Gasteiger partial charge in [-0.1, -0.05) is 18.2 Å². The number of anilines is 1. The number of ether oxygens (including phenoxy) is 2. The summed E-state index contributed by atoms with van der Waals surface area (Å²) in [4.78, 5) is 39.4. The van der Waals surface area contributed by atoms with Crippen LogP contribution >= 0.6 is 0 Å². The number of aryl methyl sites for hydroxylation is 1. The third kappa shape index (κ3) is 4.30. The Hall–Kier alpha value is -3.09. The van der Waals surface area contributed by atoms with E-state index in [0.717, 1.165) is 0 Å². The molecule has 0 aliphatic heterocycles. The standard InChI is InChI=1S/C19H22N2O5/c1-5-25-18(23)15-11(2)16(20-12(15)3)19(24)26-13(4)17(22)21-14-9-7-6-8-10-14/h6-10,13,20H,5H2,1-4H3,(H,21,22)/t13-/m1/s1. The van der Waals surface area contributed by atoms with E-state index in [9.17, 15) is 14.4 Å². The number of H-pyrrole nitrogens is 1. The van der Waals surface area contributed by atoms with Gasteiger partial charge in [0, 0.05) is 11.4 Å². The van der Waals surface area contributed by atoms with E-state index >= 15 is 0 Å². The first-order chi connectivity index (χ1) is 12.3. The smallest absolute Gasteiger partial charge is 0.355 e. The van der Waals surface area contributed by atoms with Crippen molar-refractivity contribution in [2.75, 3.05) is 11.9 Å². The highest BCUT2D eigenvalue weighted by molar-refractivity contribution is 6.00. The number of aromatic amines is 1. The van der Waals surface area contributed by atoms with Gasteiger partial charge in [-0.2, -0.15) is 0 Å². The number of rotatable bonds is 6. The summed E-state index contributed by atoms with van der Waals surface area (Å²) in [6.07, 6.45) is -1.00. The Bertz CT molecular complexity index is 811. The van der Waals surface area contributed by atoms with Gasteiger partial charge in [0.05, 0.1) is 12.2 Å². The minimum Gasteiger partial charge on any atom is -0.462 e. The lowest BCUT2D eigenvalue weighted by molar-refractivity contribution is -0.123. The van der Waals surface area contributed by atoms with Gasteiger partial charge in [-0.3, -0.25) is 4.79 Å². The van der Waals surface area contributed by atoms with Crippen molar-refractivity contribution in [1.82, 2.24) is 4.98 Å². The van der Waals surface area contributed by atoms with Gasteiger partial charge in [-0.25, -0.2) is 9.59 Å². The first-order valence-corrected chi connectivity index (χ1v) is 8.28. The van der Waals surface area contributed by atoms with Crippen LogP contribution < -0.4 is 5.32 Å². The molecule has 0 radical (unpaired) electrons. The third-order valence-electron chi connectivity index (χ3n) is 3.82. The van der Waals surface area contributed by atoms with E-state index in [1.165, 1.54) is 6.92 Å². The molecule has 1 heterocycles. The number of carbonyl (C=O) groups excluding carboxylic acids is 3. The van der Waals surface area contributed by atoms with Crippen LogP contribution in [0.2, 0.25) is 0 Å². The average molecular weight is 358 g/mol. The lowest BCUT2D eigenvalue weighted by Gasteiger charge is -2.13. The molecule has 138 valence electrons. The van der Waals surface area contributed by atoms with Crippen molar-refractivity contribution in [2.45, 2.75) is 33.8 Å². The number of esters is 2. The van der Waals surface area contributed by atoms with Crippen molar-refractivity contribution < 1.29 is 23.9 Å². The fraction of sp³-hybridized carbons (Fsp3) is 0.316. The van der Waals surface area contributed by atoms with E-state index in [-0.39, 0.29) is 12.3 Å². The first kappa shape index (κ1) is 19.2. The molecule has 0 saturated carbocycles. The van der Waals surface area contributed by atoms with Gasteiger partial charge in [0.1, 0.15) is 5.69 Å². The minimum absolute atomic E-state index is 0.130. The molecule has 0 bridgehead atoms. The molecule has 2 rings (SSSR count). The normalized spacial score (nSPS) is 11.5. The third-order valence-corrected chi connectivity index (χ3v) is 3.82. The van der Waals surface area contributed by atoms with E-state index in [0.29, 0.717) is 22.5 Å². The second-order valence-corrected chi connectivity index (χ2v) is 5.75. The summed E-state index contributed by atoms with van der Waals surface area (Å²) < 4.78 is 10.2. The average Bonchev–Trinajstić information content (AvgIpc) is 2.90. The summed E-state index contributed by atoms with van der Waals surface area (Å²) in [6.45, 7) is 6.72. The van der Waals surface area contributed by atoms with Gasteiger partial charge < -0.3 is 19.8 Å². The van der Waals surface area contributed by atoms with Crippen LogP contribution in [0.25, 0.3) is 0 Å². The van der Waals surface area contributed by atoms with Crippen LogP contribution in [0.4, 0.5) is 5.69 Å². The van der Waals surface area contributed by atoms with Gasteiger partial charge >= 0.3 is 11.9 Å². The summed E-state index contributed by atoms with van der Waals surface area (Å²) in [6, 6.07) is 8.87. The van der Waals surface area contributed by atoms with Crippen molar-refractivity contribution >= 4 is 23.5 Å². The SMILES string of the molecule is CCOC(=O)c1c(C)[nH]c(C(=O)O[C@H](C)C(=O)Nc2ccccc2)c1C. The molecule has 7 nitrogen and oxygen atoms in total. The Morgan fingerprint density at radius 1 is 1.12 bits per heavy atom. The maximum absolute atomic E-state index is 12.4. The van der Waals surface area contributed by atoms with Crippen LogP contribution in [0.3, 0.4) is 0 Å². The molecular formula is C19H22N2O5. The number of para-hydroxylation sites is 1. The lowest BCUT2D eigenvalue weighted by Crippen LogP contribution is -2.30. The molecular weight excluding hydrogens is 336 g/mol. The summed E-state index contributed by atoms with van der Waals surface area (Å²) in [5, 5.41) is 2.66. The molecule has 1 aromatic heterocycles. The lowest BCUT2D eigenvalue weighted by atomic mass is 10.1. The zero-order chi connectivity index (χ0) is 19.3. The van der Waals surface area contributed by atoms with Crippen LogP contribution in [0, 0.1) is 13.8 Å². The van der Waals surface area contributed by atoms with Gasteiger partial charge in [0.15, 0.2) is 6.10 Å². The fourth-order valence-electron chi connectivity index (χ4n) is 2.50. The molecule has 7 heteroatoms. The number of nitrogens with one attached hydrogen (secondary N) is 2. The molecule has 26 heavy (non-hydrogen) atoms. The molecule has 2 aromatic rings. The van der Waals surface area contributed by atoms with Crippen molar-refractivity contribution in [3.63, 3.8) is 0 Å². The predicted molar refractivity (Wildman–Crippen MR) is 96.2 cm³/mol. The van der Waals surface area contributed by atoms with Crippen molar-refractivity contribution in [2.24, 2.45) is 0 Å². The number of hydrogen-bond donors (Lipinski definition) is 2. The Balaban J connectivity index is 2.08. The number of aromatic nitrogens is 1. The maximum Gasteiger partial charge on any atom is 0.355 e. The molecule has 0 spiro atoms. The Labute approximate surface area is 151 Å². The molecule has 1 aromatic carbocycles. The number of hydrogen-bond acceptors (Lipinski definition) is 5. The predicted octanol–water partition coefficient (Wildman–Crippen LogP) is 2.99. The Morgan fingerprint density at radius 2 is 1.77 bits per heavy atom. The van der Waals surface area contributed by atoms with Gasteiger partial charge in [0.2, 0.25) is 0 Å². The van der Waals surface area contributed by atoms with E-state index in [2.05, 4.69) is 10.3 Å². The van der Waals surface area contributed by atoms with E-state index in [1.54, 1.807) is 45.0 Å². The number of carbonyl (C=O) groups is 3. The molecule has 0 unspecified atom stereocenters. The molecule has 0 aliphatic carbocycles. The zero-order valence-corrected chi connectivity index (χ0v) is 15.2. The number of benzene rings is 1. The highest BCUT2D eigenvalue weighted by atomic mass is 16.5. The molecule has 0 saturated heterocycles. The quantitative estimate of drug-likeness (QED) is 0.774. The second-order valence-electron chi connectivity index (χ2n) is 5.75. The van der Waals surface area contributed by atoms with Crippen LogP contribution in [0.15, 0.2) is 30.3 Å². The summed E-state index contributed by atoms with van der Waals surface area (Å²) >= 11 is 0. The Kier molecular flexibility index (Phi) is 6.16. The molecule has 2 N–H and O–H groups in total. The summed E-state index contributed by atoms with van der Waals surface area (Å²) in [5.41, 5.74) is 1.98. The zero-order valence-electron chi connectivity index (χ0n) is 15.2. The second kappa shape index (κ2) is 8.33. The van der Waals surface area contributed by atoms with E-state index in [1.807, 2.05) is 6.07 Å². The maximum atomic E-state index is 12.4. The topological polar surface area (TPSA) is 97.5 Å². The van der Waals surface area contributed by atoms with Gasteiger partial charge in [-0.15, -0.1) is 0 Å². The van der Waals surface area contributed by atoms with Crippen LogP contribution in [0.1, 0.15) is 46.0 Å². The van der Waals surface area contributed by atoms with Gasteiger partial charge in [-0.05, 0) is 45.4 Å². The summed E-state index contributed by atoms with van der Waals surface area (Å²) in [7, 11) is 0. The van der Waals surface area contributed by atoms with E-state index < -0.39 is 23.9 Å². The highest BCUT2D eigenvalue weighted by Gasteiger charge is 2.26. The first-order valence-electron chi connectivity index (χ1n) is 8.28. The largest absolute Gasteiger partial charge is 0.462 e. The van der Waals surface area contributed by atoms with Crippen LogP contribution in [0.5, 0.6) is 0 Å². The van der Waals surface area contributed by atoms with Crippen molar-refractivity contribution in [3.8, 4) is 0 Å². The van der Waals surface area contributed by atoms with Crippen molar-refractivity contribution in [3.05, 3.63) is 52.8 Å². The molecule has 1 amide bonds. The van der Waals surface area contributed by atoms with Crippen LogP contribution in [-0.4, -0.2) is 35.5 Å². The monoisotopic (exact) mass is 358 g/mol. The van der Waals surface area contributed by atoms with Crippen molar-refractivity contribution in [1.29, 1.82) is 0 Å². The minimum atomic E-state index is -1.00. The van der Waals surface area contributed by atoms with Gasteiger partial charge in [0.25, 0.3) is 5.91 Å². The van der Waals surface area contributed by atoms with E-state index in [4.69, 9.17) is 9.47 Å². The Morgan fingerprint density at radius 3 is 2.38 bits per heavy atom. The molecule has 0 aliphatic rings. The number of amides is 1. The summed E-state index contributed by atoms with van der Waals surface area (Å²) in [5.74, 6) is -1.67. The highest BCUT2D eigenvalue weighted by Crippen LogP contribution is 2.20.